The van der Waals surface area contributed by atoms with Gasteiger partial charge in [0.25, 0.3) is 0 Å². The molecule has 2 rings (SSSR count). The SMILES string of the molecule is O=[C]N(Cc1ccccc1)c1cc(F)cc(F)c1. The van der Waals surface area contributed by atoms with Gasteiger partial charge in [-0.1, -0.05) is 30.3 Å². The van der Waals surface area contributed by atoms with Crippen LogP contribution in [0.1, 0.15) is 5.56 Å². The molecule has 0 saturated carbocycles. The van der Waals surface area contributed by atoms with E-state index >= 15 is 0 Å². The molecule has 91 valence electrons. The van der Waals surface area contributed by atoms with Crippen LogP contribution in [0, 0.1) is 11.6 Å². The molecule has 2 aromatic rings. The van der Waals surface area contributed by atoms with E-state index in [4.69, 9.17) is 0 Å². The maximum atomic E-state index is 13.1. The van der Waals surface area contributed by atoms with Gasteiger partial charge in [0.1, 0.15) is 11.6 Å². The van der Waals surface area contributed by atoms with Gasteiger partial charge < -0.3 is 0 Å². The number of carbonyl (C=O) groups excluding carboxylic acids is 1. The first-order valence-electron chi connectivity index (χ1n) is 5.34. The Morgan fingerprint density at radius 3 is 2.17 bits per heavy atom. The predicted molar refractivity (Wildman–Crippen MR) is 64.7 cm³/mol. The fraction of sp³-hybridized carbons (Fsp3) is 0.0714. The monoisotopic (exact) mass is 246 g/mol. The summed E-state index contributed by atoms with van der Waals surface area (Å²) in [5.41, 5.74) is 0.997. The van der Waals surface area contributed by atoms with Crippen LogP contribution in [0.4, 0.5) is 14.5 Å². The van der Waals surface area contributed by atoms with Crippen LogP contribution in [-0.4, -0.2) is 6.41 Å². The van der Waals surface area contributed by atoms with Gasteiger partial charge >= 0.3 is 6.41 Å². The summed E-state index contributed by atoms with van der Waals surface area (Å²) in [5, 5.41) is 0. The minimum Gasteiger partial charge on any atom is -0.300 e. The van der Waals surface area contributed by atoms with Crippen LogP contribution in [0.25, 0.3) is 0 Å². The van der Waals surface area contributed by atoms with Crippen LogP contribution in [0.5, 0.6) is 0 Å². The summed E-state index contributed by atoms with van der Waals surface area (Å²) in [7, 11) is 0. The minimum atomic E-state index is -0.724. The first-order valence-corrected chi connectivity index (χ1v) is 5.34. The molecule has 0 N–H and O–H groups in total. The fourth-order valence-electron chi connectivity index (χ4n) is 1.64. The molecular formula is C14H10F2NO. The van der Waals surface area contributed by atoms with Crippen molar-refractivity contribution in [2.75, 3.05) is 4.90 Å². The summed E-state index contributed by atoms with van der Waals surface area (Å²) >= 11 is 0. The maximum Gasteiger partial charge on any atom is 0.317 e. The highest BCUT2D eigenvalue weighted by molar-refractivity contribution is 5.75. The highest BCUT2D eigenvalue weighted by Crippen LogP contribution is 2.18. The number of rotatable bonds is 4. The molecule has 4 heteroatoms. The van der Waals surface area contributed by atoms with Gasteiger partial charge in [-0.05, 0) is 17.7 Å². The number of anilines is 1. The summed E-state index contributed by atoms with van der Waals surface area (Å²) in [6.07, 6.45) is 1.67. The van der Waals surface area contributed by atoms with Gasteiger partial charge in [0.15, 0.2) is 0 Å². The van der Waals surface area contributed by atoms with Gasteiger partial charge in [0, 0.05) is 6.07 Å². The average molecular weight is 246 g/mol. The van der Waals surface area contributed by atoms with E-state index < -0.39 is 11.6 Å². The van der Waals surface area contributed by atoms with E-state index in [0.29, 0.717) is 0 Å². The molecule has 0 aliphatic rings. The van der Waals surface area contributed by atoms with Gasteiger partial charge in [-0.3, -0.25) is 9.69 Å². The molecule has 1 amide bonds. The van der Waals surface area contributed by atoms with Crippen molar-refractivity contribution < 1.29 is 13.6 Å². The predicted octanol–water partition coefficient (Wildman–Crippen LogP) is 3.04. The zero-order valence-electron chi connectivity index (χ0n) is 9.44. The molecule has 0 heterocycles. The molecule has 0 unspecified atom stereocenters. The molecular weight excluding hydrogens is 236 g/mol. The average Bonchev–Trinajstić information content (AvgIpc) is 2.36. The molecule has 0 aromatic heterocycles. The van der Waals surface area contributed by atoms with Crippen LogP contribution in [0.2, 0.25) is 0 Å². The van der Waals surface area contributed by atoms with Crippen molar-refractivity contribution in [2.24, 2.45) is 0 Å². The van der Waals surface area contributed by atoms with E-state index in [1.807, 2.05) is 30.3 Å². The van der Waals surface area contributed by atoms with Gasteiger partial charge in [-0.25, -0.2) is 8.78 Å². The number of nitrogens with zero attached hydrogens (tertiary/aromatic N) is 1. The van der Waals surface area contributed by atoms with Gasteiger partial charge in [-0.2, -0.15) is 0 Å². The highest BCUT2D eigenvalue weighted by atomic mass is 19.1. The number of amides is 1. The third kappa shape index (κ3) is 2.91. The quantitative estimate of drug-likeness (QED) is 0.759. The molecule has 0 fully saturated rings. The van der Waals surface area contributed by atoms with E-state index in [-0.39, 0.29) is 12.2 Å². The van der Waals surface area contributed by atoms with E-state index in [0.717, 1.165) is 28.7 Å². The lowest BCUT2D eigenvalue weighted by Gasteiger charge is -2.16. The zero-order chi connectivity index (χ0) is 13.0. The third-order valence-corrected chi connectivity index (χ3v) is 2.45. The van der Waals surface area contributed by atoms with Crippen molar-refractivity contribution in [1.82, 2.24) is 0 Å². The van der Waals surface area contributed by atoms with Gasteiger partial charge in [0.2, 0.25) is 0 Å². The molecule has 2 nitrogen and oxygen atoms in total. The van der Waals surface area contributed by atoms with Crippen LogP contribution < -0.4 is 4.90 Å². The van der Waals surface area contributed by atoms with Crippen LogP contribution >= 0.6 is 0 Å². The standard InChI is InChI=1S/C14H10F2NO/c15-12-6-13(16)8-14(7-12)17(10-18)9-11-4-2-1-3-5-11/h1-8H,9H2. The largest absolute Gasteiger partial charge is 0.317 e. The Kier molecular flexibility index (Phi) is 3.67. The Bertz CT molecular complexity index is 522. The molecule has 1 radical (unpaired) electrons. The summed E-state index contributed by atoms with van der Waals surface area (Å²) in [4.78, 5) is 12.0. The minimum absolute atomic E-state index is 0.145. The van der Waals surface area contributed by atoms with E-state index in [1.54, 1.807) is 6.41 Å². The van der Waals surface area contributed by atoms with E-state index in [2.05, 4.69) is 0 Å². The van der Waals surface area contributed by atoms with Crippen molar-refractivity contribution in [1.29, 1.82) is 0 Å². The second-order valence-corrected chi connectivity index (χ2v) is 3.79. The summed E-state index contributed by atoms with van der Waals surface area (Å²) in [6, 6.07) is 12.1. The lowest BCUT2D eigenvalue weighted by molar-refractivity contribution is 0.549. The normalized spacial score (nSPS) is 10.1. The van der Waals surface area contributed by atoms with Crippen molar-refractivity contribution in [2.45, 2.75) is 6.54 Å². The number of hydrogen-bond acceptors (Lipinski definition) is 1. The Hall–Kier alpha value is -2.23. The topological polar surface area (TPSA) is 20.3 Å². The van der Waals surface area contributed by atoms with Crippen molar-refractivity contribution in [3.05, 3.63) is 65.7 Å². The molecule has 0 aliphatic carbocycles. The van der Waals surface area contributed by atoms with Crippen molar-refractivity contribution in [3.63, 3.8) is 0 Å². The zero-order valence-corrected chi connectivity index (χ0v) is 9.44. The van der Waals surface area contributed by atoms with Gasteiger partial charge in [0.05, 0.1) is 12.2 Å². The first-order chi connectivity index (χ1) is 8.69. The second kappa shape index (κ2) is 5.40. The number of benzene rings is 2. The Balaban J connectivity index is 2.25. The third-order valence-electron chi connectivity index (χ3n) is 2.45. The summed E-state index contributed by atoms with van der Waals surface area (Å²) in [5.74, 6) is -1.45. The summed E-state index contributed by atoms with van der Waals surface area (Å²) < 4.78 is 26.1. The molecule has 0 atom stereocenters. The number of hydrogen-bond donors (Lipinski definition) is 0. The lowest BCUT2D eigenvalue weighted by Crippen LogP contribution is -2.20. The summed E-state index contributed by atoms with van der Waals surface area (Å²) in [6.45, 7) is 0.216. The lowest BCUT2D eigenvalue weighted by atomic mass is 10.2. The Morgan fingerprint density at radius 2 is 1.61 bits per heavy atom. The smallest absolute Gasteiger partial charge is 0.300 e. The molecule has 0 aliphatic heterocycles. The second-order valence-electron chi connectivity index (χ2n) is 3.79. The molecule has 2 aromatic carbocycles. The molecule has 0 bridgehead atoms. The number of halogens is 2. The van der Waals surface area contributed by atoms with Crippen LogP contribution in [-0.2, 0) is 11.3 Å². The van der Waals surface area contributed by atoms with Gasteiger partial charge in [-0.15, -0.1) is 0 Å². The highest BCUT2D eigenvalue weighted by Gasteiger charge is 2.10. The van der Waals surface area contributed by atoms with Crippen molar-refractivity contribution >= 4 is 12.1 Å². The van der Waals surface area contributed by atoms with Crippen molar-refractivity contribution in [3.8, 4) is 0 Å². The van der Waals surface area contributed by atoms with Crippen LogP contribution in [0.15, 0.2) is 48.5 Å². The molecule has 18 heavy (non-hydrogen) atoms. The molecule has 0 saturated heterocycles. The Morgan fingerprint density at radius 1 is 1.00 bits per heavy atom. The fourth-order valence-corrected chi connectivity index (χ4v) is 1.64. The molecule has 0 spiro atoms. The van der Waals surface area contributed by atoms with E-state index in [9.17, 15) is 13.6 Å². The van der Waals surface area contributed by atoms with E-state index in [1.165, 1.54) is 0 Å². The van der Waals surface area contributed by atoms with Crippen LogP contribution in [0.3, 0.4) is 0 Å². The first kappa shape index (κ1) is 12.2. The Labute approximate surface area is 103 Å². The maximum absolute atomic E-state index is 13.1.